The van der Waals surface area contributed by atoms with E-state index in [1.807, 2.05) is 31.2 Å². The predicted octanol–water partition coefficient (Wildman–Crippen LogP) is 2.73. The topological polar surface area (TPSA) is 48.4 Å². The van der Waals surface area contributed by atoms with Gasteiger partial charge in [0.1, 0.15) is 18.3 Å². The third-order valence-electron chi connectivity index (χ3n) is 3.03. The van der Waals surface area contributed by atoms with Crippen LogP contribution in [0.1, 0.15) is 17.0 Å². The van der Waals surface area contributed by atoms with Crippen LogP contribution in [0.15, 0.2) is 48.8 Å². The number of aryl methyl sites for hydroxylation is 1. The summed E-state index contributed by atoms with van der Waals surface area (Å²) in [7, 11) is 1.38. The molecule has 0 saturated heterocycles. The third-order valence-corrected chi connectivity index (χ3v) is 3.03. The first-order chi connectivity index (χ1) is 9.70. The maximum atomic E-state index is 11.9. The summed E-state index contributed by atoms with van der Waals surface area (Å²) in [6.45, 7) is 2.25. The van der Waals surface area contributed by atoms with E-state index >= 15 is 0 Å². The molecule has 2 aromatic rings. The fourth-order valence-corrected chi connectivity index (χ4v) is 1.85. The average Bonchev–Trinajstić information content (AvgIpc) is 2.50. The number of ether oxygens (including phenoxy) is 2. The van der Waals surface area contributed by atoms with E-state index in [9.17, 15) is 4.79 Å². The quantitative estimate of drug-likeness (QED) is 0.784. The first-order valence-corrected chi connectivity index (χ1v) is 6.38. The molecule has 0 radical (unpaired) electrons. The average molecular weight is 271 g/mol. The van der Waals surface area contributed by atoms with Gasteiger partial charge in [-0.3, -0.25) is 9.78 Å². The molecule has 0 N–H and O–H groups in total. The van der Waals surface area contributed by atoms with Crippen molar-refractivity contribution in [2.24, 2.45) is 0 Å². The Morgan fingerprint density at radius 2 is 1.80 bits per heavy atom. The van der Waals surface area contributed by atoms with Crippen LogP contribution in [0.5, 0.6) is 5.75 Å². The SMILES string of the molecule is COC(=O)C(COc1ccc(C)cc1)c1ccncc1. The number of rotatable bonds is 5. The van der Waals surface area contributed by atoms with Gasteiger partial charge in [-0.25, -0.2) is 0 Å². The van der Waals surface area contributed by atoms with Crippen molar-refractivity contribution in [1.82, 2.24) is 4.98 Å². The molecule has 0 spiro atoms. The number of esters is 1. The van der Waals surface area contributed by atoms with Crippen LogP contribution in [0.4, 0.5) is 0 Å². The molecule has 0 bridgehead atoms. The highest BCUT2D eigenvalue weighted by Gasteiger charge is 2.22. The van der Waals surface area contributed by atoms with Crippen molar-refractivity contribution in [3.8, 4) is 5.75 Å². The fraction of sp³-hybridized carbons (Fsp3) is 0.250. The Kier molecular flexibility index (Phi) is 4.71. The van der Waals surface area contributed by atoms with Gasteiger partial charge in [0, 0.05) is 12.4 Å². The second-order valence-electron chi connectivity index (χ2n) is 4.48. The number of carbonyl (C=O) groups excluding carboxylic acids is 1. The molecule has 0 aliphatic rings. The van der Waals surface area contributed by atoms with Crippen LogP contribution < -0.4 is 4.74 Å². The van der Waals surface area contributed by atoms with E-state index in [1.165, 1.54) is 7.11 Å². The Balaban J connectivity index is 2.09. The Bertz CT molecular complexity index is 552. The molecular formula is C16H17NO3. The summed E-state index contributed by atoms with van der Waals surface area (Å²) in [6, 6.07) is 11.3. The summed E-state index contributed by atoms with van der Waals surface area (Å²) in [5, 5.41) is 0. The molecule has 2 rings (SSSR count). The number of benzene rings is 1. The molecule has 1 unspecified atom stereocenters. The molecule has 104 valence electrons. The predicted molar refractivity (Wildman–Crippen MR) is 75.7 cm³/mol. The van der Waals surface area contributed by atoms with Crippen molar-refractivity contribution < 1.29 is 14.3 Å². The normalized spacial score (nSPS) is 11.7. The molecule has 4 nitrogen and oxygen atoms in total. The van der Waals surface area contributed by atoms with Crippen molar-refractivity contribution in [1.29, 1.82) is 0 Å². The van der Waals surface area contributed by atoms with Crippen LogP contribution in [0.3, 0.4) is 0 Å². The summed E-state index contributed by atoms with van der Waals surface area (Å²) in [4.78, 5) is 15.8. The maximum absolute atomic E-state index is 11.9. The molecule has 0 aliphatic heterocycles. The molecular weight excluding hydrogens is 254 g/mol. The largest absolute Gasteiger partial charge is 0.492 e. The first kappa shape index (κ1) is 14.1. The van der Waals surface area contributed by atoms with Crippen molar-refractivity contribution in [3.63, 3.8) is 0 Å². The van der Waals surface area contributed by atoms with Crippen molar-refractivity contribution >= 4 is 5.97 Å². The lowest BCUT2D eigenvalue weighted by Gasteiger charge is -2.16. The van der Waals surface area contributed by atoms with E-state index in [-0.39, 0.29) is 12.6 Å². The standard InChI is InChI=1S/C16H17NO3/c1-12-3-5-14(6-4-12)20-11-15(16(18)19-2)13-7-9-17-10-8-13/h3-10,15H,11H2,1-2H3. The number of methoxy groups -OCH3 is 1. The second kappa shape index (κ2) is 6.70. The van der Waals surface area contributed by atoms with Crippen LogP contribution in [0.25, 0.3) is 0 Å². The zero-order chi connectivity index (χ0) is 14.4. The summed E-state index contributed by atoms with van der Waals surface area (Å²) >= 11 is 0. The number of nitrogens with zero attached hydrogens (tertiary/aromatic N) is 1. The summed E-state index contributed by atoms with van der Waals surface area (Å²) in [5.74, 6) is -0.0360. The summed E-state index contributed by atoms with van der Waals surface area (Å²) in [5.41, 5.74) is 2.00. The lowest BCUT2D eigenvalue weighted by atomic mass is 10.0. The van der Waals surface area contributed by atoms with Gasteiger partial charge in [-0.15, -0.1) is 0 Å². The second-order valence-corrected chi connectivity index (χ2v) is 4.48. The molecule has 0 fully saturated rings. The molecule has 20 heavy (non-hydrogen) atoms. The highest BCUT2D eigenvalue weighted by atomic mass is 16.5. The Morgan fingerprint density at radius 3 is 2.40 bits per heavy atom. The first-order valence-electron chi connectivity index (χ1n) is 6.38. The van der Waals surface area contributed by atoms with Crippen molar-refractivity contribution in [2.75, 3.05) is 13.7 Å². The van der Waals surface area contributed by atoms with E-state index in [2.05, 4.69) is 4.98 Å². The lowest BCUT2D eigenvalue weighted by molar-refractivity contribution is -0.143. The minimum absolute atomic E-state index is 0.236. The van der Waals surface area contributed by atoms with E-state index in [4.69, 9.17) is 9.47 Å². The molecule has 0 aliphatic carbocycles. The Hall–Kier alpha value is -2.36. The van der Waals surface area contributed by atoms with E-state index in [0.717, 1.165) is 16.9 Å². The van der Waals surface area contributed by atoms with Gasteiger partial charge in [0.25, 0.3) is 0 Å². The van der Waals surface area contributed by atoms with Gasteiger partial charge in [0.05, 0.1) is 7.11 Å². The molecule has 1 aromatic carbocycles. The van der Waals surface area contributed by atoms with Gasteiger partial charge in [-0.1, -0.05) is 17.7 Å². The third kappa shape index (κ3) is 3.57. The highest BCUT2D eigenvalue weighted by molar-refractivity contribution is 5.78. The maximum Gasteiger partial charge on any atom is 0.316 e. The van der Waals surface area contributed by atoms with Gasteiger partial charge in [-0.2, -0.15) is 0 Å². The van der Waals surface area contributed by atoms with E-state index in [0.29, 0.717) is 0 Å². The van der Waals surface area contributed by atoms with Crippen LogP contribution >= 0.6 is 0 Å². The van der Waals surface area contributed by atoms with Gasteiger partial charge >= 0.3 is 5.97 Å². The van der Waals surface area contributed by atoms with Crippen LogP contribution in [0, 0.1) is 6.92 Å². The lowest BCUT2D eigenvalue weighted by Crippen LogP contribution is -2.21. The monoisotopic (exact) mass is 271 g/mol. The van der Waals surface area contributed by atoms with E-state index < -0.39 is 5.92 Å². The number of pyridine rings is 1. The number of aromatic nitrogens is 1. The molecule has 1 heterocycles. The van der Waals surface area contributed by atoms with Gasteiger partial charge in [-0.05, 0) is 36.8 Å². The van der Waals surface area contributed by atoms with Crippen molar-refractivity contribution in [2.45, 2.75) is 12.8 Å². The van der Waals surface area contributed by atoms with Crippen LogP contribution in [-0.4, -0.2) is 24.7 Å². The van der Waals surface area contributed by atoms with Gasteiger partial charge in [0.2, 0.25) is 0 Å². The minimum Gasteiger partial charge on any atom is -0.492 e. The highest BCUT2D eigenvalue weighted by Crippen LogP contribution is 2.19. The molecule has 0 saturated carbocycles. The number of hydrogen-bond acceptors (Lipinski definition) is 4. The smallest absolute Gasteiger partial charge is 0.316 e. The number of carbonyl (C=O) groups is 1. The Labute approximate surface area is 118 Å². The van der Waals surface area contributed by atoms with Crippen LogP contribution in [0.2, 0.25) is 0 Å². The summed E-state index contributed by atoms with van der Waals surface area (Å²) < 4.78 is 10.5. The zero-order valence-corrected chi connectivity index (χ0v) is 11.6. The van der Waals surface area contributed by atoms with E-state index in [1.54, 1.807) is 24.5 Å². The molecule has 0 amide bonds. The molecule has 4 heteroatoms. The van der Waals surface area contributed by atoms with Crippen molar-refractivity contribution in [3.05, 3.63) is 59.9 Å². The molecule has 1 aromatic heterocycles. The fourth-order valence-electron chi connectivity index (χ4n) is 1.85. The minimum atomic E-state index is -0.454. The molecule has 1 atom stereocenters. The zero-order valence-electron chi connectivity index (χ0n) is 11.6. The number of hydrogen-bond donors (Lipinski definition) is 0. The van der Waals surface area contributed by atoms with Gasteiger partial charge in [0.15, 0.2) is 0 Å². The Morgan fingerprint density at radius 1 is 1.15 bits per heavy atom. The van der Waals surface area contributed by atoms with Crippen LogP contribution in [-0.2, 0) is 9.53 Å². The summed E-state index contributed by atoms with van der Waals surface area (Å²) in [6.07, 6.45) is 3.30. The van der Waals surface area contributed by atoms with Gasteiger partial charge < -0.3 is 9.47 Å².